The number of hydrogen-bond acceptors (Lipinski definition) is 6. The zero-order chi connectivity index (χ0) is 28.0. The fraction of sp³-hybridized carbons (Fsp3) is 0.600. The summed E-state index contributed by atoms with van der Waals surface area (Å²) in [5.74, 6) is -1.19. The number of primary amides is 1. The lowest BCUT2D eigenvalue weighted by atomic mass is 9.64. The summed E-state index contributed by atoms with van der Waals surface area (Å²) in [5.41, 5.74) is 6.39. The molecule has 2 amide bonds. The Kier molecular flexibility index (Phi) is 13.7. The largest absolute Gasteiger partial charge is 0.391 e. The quantitative estimate of drug-likeness (QED) is 0.252. The van der Waals surface area contributed by atoms with Crippen molar-refractivity contribution in [2.75, 3.05) is 39.4 Å². The predicted octanol–water partition coefficient (Wildman–Crippen LogP) is 3.20. The van der Waals surface area contributed by atoms with Gasteiger partial charge in [-0.2, -0.15) is 0 Å². The minimum absolute atomic E-state index is 0.0778. The van der Waals surface area contributed by atoms with E-state index in [4.69, 9.17) is 15.2 Å². The van der Waals surface area contributed by atoms with E-state index in [-0.39, 0.29) is 18.9 Å². The van der Waals surface area contributed by atoms with Gasteiger partial charge in [0.1, 0.15) is 0 Å². The second-order valence-corrected chi connectivity index (χ2v) is 9.79. The molecule has 0 saturated carbocycles. The van der Waals surface area contributed by atoms with Crippen molar-refractivity contribution in [3.05, 3.63) is 59.7 Å². The van der Waals surface area contributed by atoms with Crippen LogP contribution in [0.3, 0.4) is 0 Å². The summed E-state index contributed by atoms with van der Waals surface area (Å²) in [5, 5.41) is 14.7. The lowest BCUT2D eigenvalue weighted by Gasteiger charge is -2.41. The monoisotopic (exact) mass is 529 g/mol. The summed E-state index contributed by atoms with van der Waals surface area (Å²) < 4.78 is 11.2. The molecular weight excluding hydrogens is 482 g/mol. The van der Waals surface area contributed by atoms with Crippen LogP contribution in [0.2, 0.25) is 0 Å². The van der Waals surface area contributed by atoms with Gasteiger partial charge >= 0.3 is 0 Å². The van der Waals surface area contributed by atoms with Gasteiger partial charge in [-0.25, -0.2) is 0 Å². The molecule has 212 valence electrons. The Labute approximate surface area is 228 Å². The maximum atomic E-state index is 13.5. The minimum atomic E-state index is -1.22. The Bertz CT molecular complexity index is 908. The van der Waals surface area contributed by atoms with E-state index in [9.17, 15) is 14.7 Å². The molecule has 4 N–H and O–H groups in total. The first-order chi connectivity index (χ1) is 18.3. The van der Waals surface area contributed by atoms with Gasteiger partial charge in [0, 0.05) is 50.9 Å². The molecule has 0 spiro atoms. The summed E-state index contributed by atoms with van der Waals surface area (Å²) in [7, 11) is 0. The fourth-order valence-electron chi connectivity index (χ4n) is 5.14. The van der Waals surface area contributed by atoms with Gasteiger partial charge in [-0.05, 0) is 45.1 Å². The molecule has 1 aromatic carbocycles. The molecule has 0 bridgehead atoms. The number of nitrogens with two attached hydrogens (primary N) is 1. The second-order valence-electron chi connectivity index (χ2n) is 9.79. The fourth-order valence-corrected chi connectivity index (χ4v) is 5.14. The number of rotatable bonds is 18. The maximum Gasteiger partial charge on any atom is 0.249 e. The molecule has 2 rings (SSSR count). The summed E-state index contributed by atoms with van der Waals surface area (Å²) in [6, 6.07) is 9.74. The van der Waals surface area contributed by atoms with E-state index in [0.29, 0.717) is 44.8 Å². The van der Waals surface area contributed by atoms with Gasteiger partial charge in [0.2, 0.25) is 11.8 Å². The molecular formula is C30H47N3O5. The Morgan fingerprint density at radius 2 is 1.68 bits per heavy atom. The number of aliphatic hydroxyl groups excluding tert-OH is 1. The van der Waals surface area contributed by atoms with Crippen molar-refractivity contribution >= 4 is 11.8 Å². The van der Waals surface area contributed by atoms with E-state index in [1.165, 1.54) is 0 Å². The molecule has 0 fully saturated rings. The molecule has 0 aromatic heterocycles. The average molecular weight is 530 g/mol. The Balaban J connectivity index is 2.34. The van der Waals surface area contributed by atoms with Crippen molar-refractivity contribution in [1.82, 2.24) is 10.2 Å². The Hall–Kier alpha value is -2.52. The predicted molar refractivity (Wildman–Crippen MR) is 150 cm³/mol. The number of nitrogens with zero attached hydrogens (tertiary/aromatic N) is 1. The van der Waals surface area contributed by atoms with E-state index in [0.717, 1.165) is 18.4 Å². The van der Waals surface area contributed by atoms with E-state index in [1.807, 2.05) is 62.9 Å². The van der Waals surface area contributed by atoms with E-state index in [1.54, 1.807) is 18.2 Å². The topological polar surface area (TPSA) is 114 Å². The smallest absolute Gasteiger partial charge is 0.249 e. The van der Waals surface area contributed by atoms with Crippen LogP contribution in [0.5, 0.6) is 0 Å². The van der Waals surface area contributed by atoms with Gasteiger partial charge in [-0.3, -0.25) is 9.59 Å². The van der Waals surface area contributed by atoms with Crippen LogP contribution >= 0.6 is 0 Å². The number of nitrogens with one attached hydrogen (secondary N) is 1. The molecule has 1 aliphatic rings. The summed E-state index contributed by atoms with van der Waals surface area (Å²) in [4.78, 5) is 28.5. The van der Waals surface area contributed by atoms with Crippen molar-refractivity contribution < 1.29 is 24.2 Å². The number of hydrogen-bond donors (Lipinski definition) is 3. The molecule has 8 heteroatoms. The number of ether oxygens (including phenoxy) is 2. The molecule has 0 aliphatic heterocycles. The van der Waals surface area contributed by atoms with E-state index >= 15 is 0 Å². The average Bonchev–Trinajstić information content (AvgIpc) is 2.92. The van der Waals surface area contributed by atoms with Gasteiger partial charge in [0.05, 0.1) is 11.5 Å². The molecule has 3 atom stereocenters. The molecule has 1 aliphatic carbocycles. The van der Waals surface area contributed by atoms with Crippen LogP contribution in [0, 0.1) is 11.3 Å². The van der Waals surface area contributed by atoms with Crippen LogP contribution in [0.15, 0.2) is 54.1 Å². The van der Waals surface area contributed by atoms with Crippen LogP contribution in [0.4, 0.5) is 0 Å². The third kappa shape index (κ3) is 8.76. The summed E-state index contributed by atoms with van der Waals surface area (Å²) in [6.45, 7) is 10.8. The van der Waals surface area contributed by atoms with Crippen molar-refractivity contribution in [2.45, 2.75) is 65.8 Å². The van der Waals surface area contributed by atoms with Crippen molar-refractivity contribution in [3.63, 3.8) is 0 Å². The molecule has 1 aromatic rings. The summed E-state index contributed by atoms with van der Waals surface area (Å²) in [6.07, 6.45) is 6.21. The van der Waals surface area contributed by atoms with Gasteiger partial charge < -0.3 is 30.5 Å². The highest BCUT2D eigenvalue weighted by Gasteiger charge is 2.47. The van der Waals surface area contributed by atoms with Gasteiger partial charge in [-0.15, -0.1) is 0 Å². The molecule has 0 radical (unpaired) electrons. The first-order valence-electron chi connectivity index (χ1n) is 14.0. The molecule has 8 nitrogen and oxygen atoms in total. The highest BCUT2D eigenvalue weighted by molar-refractivity contribution is 5.96. The zero-order valence-electron chi connectivity index (χ0n) is 23.5. The van der Waals surface area contributed by atoms with Gasteiger partial charge in [-0.1, -0.05) is 62.4 Å². The lowest BCUT2D eigenvalue weighted by Crippen LogP contribution is -2.52. The SMILES string of the molecule is CCCN(CCC)C(=O)C1=CC=CC(C(N)=O)([C@H](Cc2ccccc2)[C@@H](O)CNCC(OCC)OCC)C1. The molecule has 1 unspecified atom stereocenters. The lowest BCUT2D eigenvalue weighted by molar-refractivity contribution is -0.136. The highest BCUT2D eigenvalue weighted by Crippen LogP contribution is 2.43. The van der Waals surface area contributed by atoms with Crippen LogP contribution in [-0.4, -0.2) is 73.6 Å². The Morgan fingerprint density at radius 3 is 2.24 bits per heavy atom. The number of carbonyl (C=O) groups is 2. The van der Waals surface area contributed by atoms with Crippen LogP contribution in [0.1, 0.15) is 52.5 Å². The van der Waals surface area contributed by atoms with Crippen LogP contribution < -0.4 is 11.1 Å². The van der Waals surface area contributed by atoms with Gasteiger partial charge in [0.15, 0.2) is 6.29 Å². The number of benzene rings is 1. The third-order valence-corrected chi connectivity index (χ3v) is 6.98. The number of amides is 2. The first-order valence-corrected chi connectivity index (χ1v) is 14.0. The maximum absolute atomic E-state index is 13.5. The minimum Gasteiger partial charge on any atom is -0.391 e. The van der Waals surface area contributed by atoms with Crippen LogP contribution in [0.25, 0.3) is 0 Å². The van der Waals surface area contributed by atoms with E-state index in [2.05, 4.69) is 5.32 Å². The molecule has 0 heterocycles. The number of aliphatic hydroxyl groups is 1. The first kappa shape index (κ1) is 31.7. The van der Waals surface area contributed by atoms with E-state index < -0.39 is 29.6 Å². The standard InChI is InChI=1S/C30H47N3O5/c1-5-17-33(18-6-2)28(35)24-15-12-16-30(20-24,29(31)36)25(19-23-13-10-9-11-14-23)26(34)21-32-22-27(37-7-3)38-8-4/h9-16,25-27,32,34H,5-8,17-22H2,1-4H3,(H2,31,36)/t25-,26+,30?/m1/s1. The third-order valence-electron chi connectivity index (χ3n) is 6.98. The van der Waals surface area contributed by atoms with Crippen molar-refractivity contribution in [1.29, 1.82) is 0 Å². The van der Waals surface area contributed by atoms with Crippen LogP contribution in [-0.2, 0) is 25.5 Å². The zero-order valence-corrected chi connectivity index (χ0v) is 23.5. The van der Waals surface area contributed by atoms with Gasteiger partial charge in [0.25, 0.3) is 0 Å². The highest BCUT2D eigenvalue weighted by atomic mass is 16.7. The van der Waals surface area contributed by atoms with Crippen molar-refractivity contribution in [3.8, 4) is 0 Å². The number of allylic oxidation sites excluding steroid dienone is 2. The molecule has 38 heavy (non-hydrogen) atoms. The summed E-state index contributed by atoms with van der Waals surface area (Å²) >= 11 is 0. The van der Waals surface area contributed by atoms with Crippen molar-refractivity contribution in [2.24, 2.45) is 17.1 Å². The Morgan fingerprint density at radius 1 is 1.05 bits per heavy atom. The normalized spacial score (nSPS) is 18.7. The second kappa shape index (κ2) is 16.4. The number of carbonyl (C=O) groups excluding carboxylic acids is 2. The molecule has 0 saturated heterocycles.